The summed E-state index contributed by atoms with van der Waals surface area (Å²) in [7, 11) is 0. The first-order chi connectivity index (χ1) is 9.88. The molecule has 0 heterocycles. The van der Waals surface area contributed by atoms with Crippen LogP contribution in [0.3, 0.4) is 0 Å². The summed E-state index contributed by atoms with van der Waals surface area (Å²) in [6.07, 6.45) is 0. The Labute approximate surface area is 137 Å². The third-order valence-corrected chi connectivity index (χ3v) is 3.42. The van der Waals surface area contributed by atoms with E-state index in [1.807, 2.05) is 22.6 Å². The minimum Gasteiger partial charge on any atom is -0.478 e. The first-order valence-electron chi connectivity index (χ1n) is 5.53. The molecule has 0 aliphatic rings. The number of rotatable bonds is 4. The van der Waals surface area contributed by atoms with E-state index in [0.29, 0.717) is 3.57 Å². The highest BCUT2D eigenvalue weighted by Gasteiger charge is 2.19. The molecule has 2 rings (SSSR count). The van der Waals surface area contributed by atoms with E-state index >= 15 is 0 Å². The summed E-state index contributed by atoms with van der Waals surface area (Å²) in [5, 5.41) is 20.4. The van der Waals surface area contributed by atoms with Crippen LogP contribution in [0.15, 0.2) is 36.4 Å². The third-order valence-electron chi connectivity index (χ3n) is 2.51. The van der Waals surface area contributed by atoms with E-state index in [0.717, 1.165) is 0 Å². The second kappa shape index (κ2) is 6.27. The fraction of sp³-hybridized carbons (Fsp3) is 0. The molecule has 108 valence electrons. The Morgan fingerprint density at radius 2 is 1.95 bits per heavy atom. The van der Waals surface area contributed by atoms with Gasteiger partial charge in [0.15, 0.2) is 0 Å². The van der Waals surface area contributed by atoms with E-state index in [4.69, 9.17) is 21.4 Å². The monoisotopic (exact) mass is 419 g/mol. The summed E-state index contributed by atoms with van der Waals surface area (Å²) in [5.74, 6) is -1.32. The molecule has 21 heavy (non-hydrogen) atoms. The van der Waals surface area contributed by atoms with Crippen LogP contribution in [0, 0.1) is 13.7 Å². The van der Waals surface area contributed by atoms with Crippen LogP contribution >= 0.6 is 34.2 Å². The number of benzene rings is 2. The summed E-state index contributed by atoms with van der Waals surface area (Å²) < 4.78 is 6.05. The maximum Gasteiger partial charge on any atom is 0.339 e. The standard InChI is InChI=1S/C13H7ClINO5/c14-7-1-3-9(13(17)18)12(5-7)21-11-4-2-8(15)6-10(11)16(19)20/h1-6H,(H,17,18). The maximum atomic E-state index is 11.1. The number of carboxylic acids is 1. The van der Waals surface area contributed by atoms with Crippen molar-refractivity contribution in [3.8, 4) is 11.5 Å². The highest BCUT2D eigenvalue weighted by atomic mass is 127. The van der Waals surface area contributed by atoms with Crippen molar-refractivity contribution in [3.05, 3.63) is 60.7 Å². The quantitative estimate of drug-likeness (QED) is 0.452. The van der Waals surface area contributed by atoms with Gasteiger partial charge in [0.2, 0.25) is 5.75 Å². The fourth-order valence-electron chi connectivity index (χ4n) is 1.60. The molecular weight excluding hydrogens is 413 g/mol. The number of halogens is 2. The molecule has 8 heteroatoms. The van der Waals surface area contributed by atoms with Gasteiger partial charge in [0.25, 0.3) is 0 Å². The number of carbonyl (C=O) groups is 1. The normalized spacial score (nSPS) is 10.2. The summed E-state index contributed by atoms with van der Waals surface area (Å²) >= 11 is 7.74. The van der Waals surface area contributed by atoms with Crippen molar-refractivity contribution in [1.82, 2.24) is 0 Å². The molecule has 0 saturated heterocycles. The van der Waals surface area contributed by atoms with Crippen molar-refractivity contribution in [3.63, 3.8) is 0 Å². The van der Waals surface area contributed by atoms with Crippen molar-refractivity contribution in [2.45, 2.75) is 0 Å². The zero-order chi connectivity index (χ0) is 15.6. The summed E-state index contributed by atoms with van der Waals surface area (Å²) in [6, 6.07) is 8.34. The largest absolute Gasteiger partial charge is 0.478 e. The van der Waals surface area contributed by atoms with Crippen LogP contribution in [0.2, 0.25) is 5.02 Å². The molecule has 0 spiro atoms. The SMILES string of the molecule is O=C(O)c1ccc(Cl)cc1Oc1ccc(I)cc1[N+](=O)[O-]. The van der Waals surface area contributed by atoms with Gasteiger partial charge in [-0.05, 0) is 46.9 Å². The molecule has 0 bridgehead atoms. The van der Waals surface area contributed by atoms with E-state index in [1.165, 1.54) is 30.3 Å². The van der Waals surface area contributed by atoms with E-state index in [9.17, 15) is 14.9 Å². The van der Waals surface area contributed by atoms with Crippen LogP contribution in [-0.4, -0.2) is 16.0 Å². The van der Waals surface area contributed by atoms with E-state index in [-0.39, 0.29) is 27.8 Å². The van der Waals surface area contributed by atoms with Crippen molar-refractivity contribution in [2.75, 3.05) is 0 Å². The number of carboxylic acid groups (broad SMARTS) is 1. The number of nitrogens with zero attached hydrogens (tertiary/aromatic N) is 1. The van der Waals surface area contributed by atoms with Crippen LogP contribution in [0.5, 0.6) is 11.5 Å². The first kappa shape index (κ1) is 15.5. The molecule has 0 aliphatic carbocycles. The van der Waals surface area contributed by atoms with Crippen LogP contribution in [0.1, 0.15) is 10.4 Å². The van der Waals surface area contributed by atoms with Gasteiger partial charge < -0.3 is 9.84 Å². The first-order valence-corrected chi connectivity index (χ1v) is 6.99. The van der Waals surface area contributed by atoms with Gasteiger partial charge in [0, 0.05) is 20.7 Å². The van der Waals surface area contributed by atoms with Crippen molar-refractivity contribution in [1.29, 1.82) is 0 Å². The minimum atomic E-state index is -1.21. The average Bonchev–Trinajstić information content (AvgIpc) is 2.40. The highest BCUT2D eigenvalue weighted by Crippen LogP contribution is 2.35. The molecule has 6 nitrogen and oxygen atoms in total. The number of hydrogen-bond acceptors (Lipinski definition) is 4. The average molecular weight is 420 g/mol. The molecule has 0 atom stereocenters. The van der Waals surface area contributed by atoms with Gasteiger partial charge in [-0.3, -0.25) is 10.1 Å². The molecule has 0 unspecified atom stereocenters. The Bertz CT molecular complexity index is 734. The van der Waals surface area contributed by atoms with Crippen molar-refractivity contribution >= 4 is 45.8 Å². The lowest BCUT2D eigenvalue weighted by Crippen LogP contribution is -2.01. The molecule has 0 aliphatic heterocycles. The lowest BCUT2D eigenvalue weighted by molar-refractivity contribution is -0.385. The van der Waals surface area contributed by atoms with Crippen LogP contribution in [-0.2, 0) is 0 Å². The van der Waals surface area contributed by atoms with E-state index in [2.05, 4.69) is 0 Å². The number of aromatic carboxylic acids is 1. The van der Waals surface area contributed by atoms with E-state index in [1.54, 1.807) is 6.07 Å². The summed E-state index contributed by atoms with van der Waals surface area (Å²) in [4.78, 5) is 21.6. The molecule has 1 N–H and O–H groups in total. The van der Waals surface area contributed by atoms with Gasteiger partial charge in [-0.2, -0.15) is 0 Å². The predicted molar refractivity (Wildman–Crippen MR) is 84.3 cm³/mol. The van der Waals surface area contributed by atoms with Gasteiger partial charge in [-0.1, -0.05) is 11.6 Å². The molecule has 0 radical (unpaired) electrons. The zero-order valence-corrected chi connectivity index (χ0v) is 13.2. The Morgan fingerprint density at radius 1 is 1.24 bits per heavy atom. The lowest BCUT2D eigenvalue weighted by Gasteiger charge is -2.09. The van der Waals surface area contributed by atoms with Crippen molar-refractivity contribution in [2.24, 2.45) is 0 Å². The topological polar surface area (TPSA) is 89.7 Å². The van der Waals surface area contributed by atoms with Gasteiger partial charge in [-0.25, -0.2) is 4.79 Å². The zero-order valence-electron chi connectivity index (χ0n) is 10.2. The second-order valence-electron chi connectivity index (χ2n) is 3.92. The summed E-state index contributed by atoms with van der Waals surface area (Å²) in [5.41, 5.74) is -0.384. The van der Waals surface area contributed by atoms with Gasteiger partial charge >= 0.3 is 11.7 Å². The fourth-order valence-corrected chi connectivity index (χ4v) is 2.23. The molecule has 0 fully saturated rings. The van der Waals surface area contributed by atoms with Crippen molar-refractivity contribution < 1.29 is 19.6 Å². The Kier molecular flexibility index (Phi) is 4.63. The molecule has 2 aromatic carbocycles. The Morgan fingerprint density at radius 3 is 2.57 bits per heavy atom. The highest BCUT2D eigenvalue weighted by molar-refractivity contribution is 14.1. The van der Waals surface area contributed by atoms with Gasteiger partial charge in [0.05, 0.1) is 4.92 Å². The summed E-state index contributed by atoms with van der Waals surface area (Å²) in [6.45, 7) is 0. The lowest BCUT2D eigenvalue weighted by atomic mass is 10.2. The van der Waals surface area contributed by atoms with Crippen LogP contribution in [0.25, 0.3) is 0 Å². The second-order valence-corrected chi connectivity index (χ2v) is 5.60. The smallest absolute Gasteiger partial charge is 0.339 e. The number of ether oxygens (including phenoxy) is 1. The maximum absolute atomic E-state index is 11.1. The van der Waals surface area contributed by atoms with Gasteiger partial charge in [-0.15, -0.1) is 0 Å². The van der Waals surface area contributed by atoms with E-state index < -0.39 is 10.9 Å². The van der Waals surface area contributed by atoms with Crippen LogP contribution < -0.4 is 4.74 Å². The molecule has 0 aromatic heterocycles. The molecular formula is C13H7ClINO5. The third kappa shape index (κ3) is 3.61. The predicted octanol–water partition coefficient (Wildman–Crippen LogP) is 4.34. The Hall–Kier alpha value is -1.87. The molecule has 2 aromatic rings. The Balaban J connectivity index is 2.50. The number of hydrogen-bond donors (Lipinski definition) is 1. The minimum absolute atomic E-state index is 0.0508. The number of nitro groups is 1. The molecule has 0 saturated carbocycles. The van der Waals surface area contributed by atoms with Crippen LogP contribution in [0.4, 0.5) is 5.69 Å². The molecule has 0 amide bonds. The number of nitro benzene ring substituents is 1. The van der Waals surface area contributed by atoms with Gasteiger partial charge in [0.1, 0.15) is 11.3 Å².